The number of aromatic nitrogens is 1. The van der Waals surface area contributed by atoms with Crippen LogP contribution in [-0.2, 0) is 5.54 Å². The van der Waals surface area contributed by atoms with Crippen molar-refractivity contribution in [3.63, 3.8) is 0 Å². The molecule has 1 heterocycles. The molecule has 0 aromatic carbocycles. The molecule has 0 unspecified atom stereocenters. The summed E-state index contributed by atoms with van der Waals surface area (Å²) in [6, 6.07) is 0. The van der Waals surface area contributed by atoms with Crippen molar-refractivity contribution in [3.8, 4) is 0 Å². The monoisotopic (exact) mass is 224 g/mol. The first-order chi connectivity index (χ1) is 6.92. The van der Waals surface area contributed by atoms with Crippen LogP contribution in [0.5, 0.6) is 0 Å². The second kappa shape index (κ2) is 3.56. The summed E-state index contributed by atoms with van der Waals surface area (Å²) in [5, 5.41) is 1.15. The highest BCUT2D eigenvalue weighted by molar-refractivity contribution is 7.11. The van der Waals surface area contributed by atoms with Gasteiger partial charge in [0.15, 0.2) is 0 Å². The van der Waals surface area contributed by atoms with Crippen LogP contribution in [0.1, 0.15) is 42.3 Å². The maximum absolute atomic E-state index is 6.38. The zero-order valence-corrected chi connectivity index (χ0v) is 10.8. The molecule has 2 rings (SSSR count). The van der Waals surface area contributed by atoms with E-state index < -0.39 is 0 Å². The molecule has 3 heteroatoms. The van der Waals surface area contributed by atoms with Gasteiger partial charge in [0.1, 0.15) is 5.01 Å². The Labute approximate surface area is 95.9 Å². The predicted molar refractivity (Wildman–Crippen MR) is 65.0 cm³/mol. The van der Waals surface area contributed by atoms with Crippen LogP contribution >= 0.6 is 11.3 Å². The number of aryl methyl sites for hydroxylation is 2. The Bertz CT molecular complexity index is 342. The molecule has 15 heavy (non-hydrogen) atoms. The molecule has 0 radical (unpaired) electrons. The van der Waals surface area contributed by atoms with Crippen molar-refractivity contribution in [3.05, 3.63) is 15.6 Å². The number of nitrogens with two attached hydrogens (primary N) is 1. The van der Waals surface area contributed by atoms with Crippen LogP contribution in [-0.4, -0.2) is 4.98 Å². The standard InChI is InChI=1S/C12H20N2S/c1-7(2)10-5-12(13,6-10)11-14-8(3)9(4)15-11/h7,10H,5-6,13H2,1-4H3. The summed E-state index contributed by atoms with van der Waals surface area (Å²) in [5.74, 6) is 1.54. The third-order valence-electron chi connectivity index (χ3n) is 3.65. The van der Waals surface area contributed by atoms with Crippen LogP contribution in [0.3, 0.4) is 0 Å². The van der Waals surface area contributed by atoms with Gasteiger partial charge in [-0.2, -0.15) is 0 Å². The fourth-order valence-corrected chi connectivity index (χ4v) is 3.24. The Kier molecular flexibility index (Phi) is 2.63. The van der Waals surface area contributed by atoms with E-state index in [2.05, 4.69) is 32.7 Å². The summed E-state index contributed by atoms with van der Waals surface area (Å²) in [4.78, 5) is 5.90. The van der Waals surface area contributed by atoms with E-state index >= 15 is 0 Å². The largest absolute Gasteiger partial charge is 0.319 e. The van der Waals surface area contributed by atoms with E-state index in [0.29, 0.717) is 0 Å². The first-order valence-corrected chi connectivity index (χ1v) is 6.47. The van der Waals surface area contributed by atoms with Crippen molar-refractivity contribution < 1.29 is 0 Å². The lowest BCUT2D eigenvalue weighted by molar-refractivity contribution is 0.104. The lowest BCUT2D eigenvalue weighted by Gasteiger charge is -2.45. The van der Waals surface area contributed by atoms with Crippen LogP contribution in [0.4, 0.5) is 0 Å². The molecule has 1 aromatic heterocycles. The van der Waals surface area contributed by atoms with Crippen LogP contribution < -0.4 is 5.73 Å². The molecular weight excluding hydrogens is 204 g/mol. The summed E-state index contributed by atoms with van der Waals surface area (Å²) < 4.78 is 0. The first kappa shape index (κ1) is 11.1. The maximum Gasteiger partial charge on any atom is 0.113 e. The molecule has 2 N–H and O–H groups in total. The normalized spacial score (nSPS) is 30.7. The molecule has 1 aliphatic carbocycles. The van der Waals surface area contributed by atoms with Gasteiger partial charge in [-0.1, -0.05) is 13.8 Å². The van der Waals surface area contributed by atoms with E-state index in [1.165, 1.54) is 4.88 Å². The fourth-order valence-electron chi connectivity index (χ4n) is 2.21. The zero-order chi connectivity index (χ0) is 11.2. The van der Waals surface area contributed by atoms with Crippen molar-refractivity contribution in [2.24, 2.45) is 17.6 Å². The summed E-state index contributed by atoms with van der Waals surface area (Å²) in [5.41, 5.74) is 7.42. The second-order valence-corrected chi connectivity index (χ2v) is 6.43. The third kappa shape index (κ3) is 1.83. The van der Waals surface area contributed by atoms with Gasteiger partial charge in [-0.05, 0) is 38.5 Å². The van der Waals surface area contributed by atoms with Gasteiger partial charge >= 0.3 is 0 Å². The average molecular weight is 224 g/mol. The van der Waals surface area contributed by atoms with E-state index in [9.17, 15) is 0 Å². The number of thiazole rings is 1. The second-order valence-electron chi connectivity index (χ2n) is 5.23. The predicted octanol–water partition coefficient (Wildman–Crippen LogP) is 2.98. The van der Waals surface area contributed by atoms with Gasteiger partial charge in [0.05, 0.1) is 11.2 Å². The lowest BCUT2D eigenvalue weighted by Crippen LogP contribution is -2.50. The highest BCUT2D eigenvalue weighted by atomic mass is 32.1. The van der Waals surface area contributed by atoms with E-state index in [1.54, 1.807) is 11.3 Å². The third-order valence-corrected chi connectivity index (χ3v) is 4.94. The van der Waals surface area contributed by atoms with Gasteiger partial charge in [-0.15, -0.1) is 11.3 Å². The first-order valence-electron chi connectivity index (χ1n) is 5.66. The van der Waals surface area contributed by atoms with Crippen molar-refractivity contribution in [1.29, 1.82) is 0 Å². The minimum Gasteiger partial charge on any atom is -0.319 e. The Morgan fingerprint density at radius 2 is 2.00 bits per heavy atom. The van der Waals surface area contributed by atoms with E-state index in [0.717, 1.165) is 35.4 Å². The smallest absolute Gasteiger partial charge is 0.113 e. The van der Waals surface area contributed by atoms with E-state index in [-0.39, 0.29) is 5.54 Å². The molecular formula is C12H20N2S. The molecule has 0 bridgehead atoms. The van der Waals surface area contributed by atoms with Crippen LogP contribution in [0.2, 0.25) is 0 Å². The molecule has 0 spiro atoms. The molecule has 0 aliphatic heterocycles. The molecule has 0 saturated heterocycles. The van der Waals surface area contributed by atoms with Gasteiger partial charge < -0.3 is 5.73 Å². The summed E-state index contributed by atoms with van der Waals surface area (Å²) in [6.45, 7) is 8.75. The number of nitrogens with zero attached hydrogens (tertiary/aromatic N) is 1. The van der Waals surface area contributed by atoms with Crippen molar-refractivity contribution in [2.75, 3.05) is 0 Å². The molecule has 84 valence electrons. The molecule has 1 fully saturated rings. The van der Waals surface area contributed by atoms with Crippen molar-refractivity contribution in [1.82, 2.24) is 4.98 Å². The SMILES string of the molecule is Cc1nc(C2(N)CC(C(C)C)C2)sc1C. The van der Waals surface area contributed by atoms with Crippen molar-refractivity contribution >= 4 is 11.3 Å². The van der Waals surface area contributed by atoms with E-state index in [4.69, 9.17) is 5.73 Å². The molecule has 2 nitrogen and oxygen atoms in total. The summed E-state index contributed by atoms with van der Waals surface area (Å²) >= 11 is 1.77. The van der Waals surface area contributed by atoms with E-state index in [1.807, 2.05) is 0 Å². The number of hydrogen-bond donors (Lipinski definition) is 1. The highest BCUT2D eigenvalue weighted by Crippen LogP contribution is 2.48. The Hall–Kier alpha value is -0.410. The molecule has 0 atom stereocenters. The minimum absolute atomic E-state index is 0.112. The zero-order valence-electron chi connectivity index (χ0n) is 10.0. The Morgan fingerprint density at radius 3 is 2.40 bits per heavy atom. The van der Waals surface area contributed by atoms with Gasteiger partial charge in [0, 0.05) is 4.88 Å². The van der Waals surface area contributed by atoms with Crippen LogP contribution in [0, 0.1) is 25.7 Å². The summed E-state index contributed by atoms with van der Waals surface area (Å²) in [6.07, 6.45) is 2.22. The topological polar surface area (TPSA) is 38.9 Å². The van der Waals surface area contributed by atoms with Gasteiger partial charge in [-0.3, -0.25) is 0 Å². The molecule has 1 saturated carbocycles. The minimum atomic E-state index is -0.112. The highest BCUT2D eigenvalue weighted by Gasteiger charge is 2.45. The van der Waals surface area contributed by atoms with Gasteiger partial charge in [-0.25, -0.2) is 4.98 Å². The molecule has 1 aliphatic rings. The van der Waals surface area contributed by atoms with Crippen LogP contribution in [0.15, 0.2) is 0 Å². The van der Waals surface area contributed by atoms with Gasteiger partial charge in [0.25, 0.3) is 0 Å². The summed E-state index contributed by atoms with van der Waals surface area (Å²) in [7, 11) is 0. The molecule has 1 aromatic rings. The van der Waals surface area contributed by atoms with Crippen molar-refractivity contribution in [2.45, 2.75) is 46.1 Å². The number of hydrogen-bond acceptors (Lipinski definition) is 3. The van der Waals surface area contributed by atoms with Crippen LogP contribution in [0.25, 0.3) is 0 Å². The maximum atomic E-state index is 6.38. The quantitative estimate of drug-likeness (QED) is 0.838. The van der Waals surface area contributed by atoms with Gasteiger partial charge in [0.2, 0.25) is 0 Å². The Balaban J connectivity index is 2.13. The lowest BCUT2D eigenvalue weighted by atomic mass is 9.65. The average Bonchev–Trinajstić information content (AvgIpc) is 2.41. The fraction of sp³-hybridized carbons (Fsp3) is 0.750. The molecule has 0 amide bonds. The number of rotatable bonds is 2. The Morgan fingerprint density at radius 1 is 1.40 bits per heavy atom.